The van der Waals surface area contributed by atoms with Crippen LogP contribution in [0.15, 0.2) is 18.2 Å². The highest BCUT2D eigenvalue weighted by Crippen LogP contribution is 2.36. The summed E-state index contributed by atoms with van der Waals surface area (Å²) in [5, 5.41) is 1.59. The Balaban J connectivity index is 2.99. The smallest absolute Gasteiger partial charge is 0.320 e. The number of rotatable bonds is 2. The van der Waals surface area contributed by atoms with Gasteiger partial charge in [0.15, 0.2) is 0 Å². The van der Waals surface area contributed by atoms with Gasteiger partial charge in [0.25, 0.3) is 0 Å². The lowest BCUT2D eigenvalue weighted by Gasteiger charge is -2.19. The Labute approximate surface area is 99.8 Å². The average molecular weight is 267 g/mol. The highest BCUT2D eigenvalue weighted by atomic mass is 19.4. The van der Waals surface area contributed by atoms with Gasteiger partial charge in [0.2, 0.25) is 0 Å². The average Bonchev–Trinajstić information content (AvgIpc) is 2.23. The van der Waals surface area contributed by atoms with E-state index < -0.39 is 18.0 Å². The lowest BCUT2D eigenvalue weighted by Crippen LogP contribution is -2.47. The molecule has 0 heterocycles. The molecule has 0 aliphatic rings. The number of amides is 1. The van der Waals surface area contributed by atoms with Gasteiger partial charge in [-0.2, -0.15) is 22.0 Å². The molecule has 0 saturated heterocycles. The van der Waals surface area contributed by atoms with Crippen LogP contribution in [0.1, 0.15) is 11.1 Å². The van der Waals surface area contributed by atoms with E-state index in [1.54, 1.807) is 18.3 Å². The van der Waals surface area contributed by atoms with Crippen molar-refractivity contribution in [2.75, 3.05) is 5.32 Å². The van der Waals surface area contributed by atoms with E-state index in [4.69, 9.17) is 0 Å². The third-order valence-electron chi connectivity index (χ3n) is 2.49. The maximum atomic E-state index is 12.7. The van der Waals surface area contributed by atoms with Crippen molar-refractivity contribution in [3.05, 3.63) is 29.3 Å². The second-order valence-corrected chi connectivity index (χ2v) is 3.77. The fourth-order valence-electron chi connectivity index (χ4n) is 1.22. The Morgan fingerprint density at radius 1 is 1.11 bits per heavy atom. The Hall–Kier alpha value is -1.66. The second kappa shape index (κ2) is 4.55. The molecule has 0 aromatic heterocycles. The summed E-state index contributed by atoms with van der Waals surface area (Å²) in [6.07, 6.45) is -5.91. The minimum atomic E-state index is -5.91. The molecule has 1 N–H and O–H groups in total. The van der Waals surface area contributed by atoms with Crippen molar-refractivity contribution in [2.24, 2.45) is 0 Å². The van der Waals surface area contributed by atoms with Gasteiger partial charge in [-0.25, -0.2) is 0 Å². The minimum Gasteiger partial charge on any atom is -0.320 e. The predicted molar refractivity (Wildman–Crippen MR) is 55.5 cm³/mol. The van der Waals surface area contributed by atoms with Crippen molar-refractivity contribution in [2.45, 2.75) is 25.9 Å². The van der Waals surface area contributed by atoms with Crippen LogP contribution in [-0.4, -0.2) is 18.0 Å². The Morgan fingerprint density at radius 2 is 1.67 bits per heavy atom. The zero-order chi connectivity index (χ0) is 14.1. The summed E-state index contributed by atoms with van der Waals surface area (Å²) in [6.45, 7) is 3.16. The summed E-state index contributed by atoms with van der Waals surface area (Å²) in [5.74, 6) is -7.80. The number of aryl methyl sites for hydroxylation is 1. The SMILES string of the molecule is Cc1cccc(NC(=O)C(F)(F)C(F)(F)F)c1C. The molecular weight excluding hydrogens is 257 g/mol. The zero-order valence-electron chi connectivity index (χ0n) is 9.53. The summed E-state index contributed by atoms with van der Waals surface area (Å²) in [6, 6.07) is 4.35. The molecule has 2 nitrogen and oxygen atoms in total. The van der Waals surface area contributed by atoms with E-state index in [9.17, 15) is 26.7 Å². The van der Waals surface area contributed by atoms with Gasteiger partial charge in [-0.15, -0.1) is 0 Å². The molecule has 0 spiro atoms. The highest BCUT2D eigenvalue weighted by molar-refractivity contribution is 5.97. The summed E-state index contributed by atoms with van der Waals surface area (Å²) in [4.78, 5) is 11.0. The normalized spacial score (nSPS) is 12.4. The third-order valence-corrected chi connectivity index (χ3v) is 2.49. The number of hydrogen-bond donors (Lipinski definition) is 1. The van der Waals surface area contributed by atoms with Crippen molar-refractivity contribution in [3.8, 4) is 0 Å². The van der Waals surface area contributed by atoms with Crippen LogP contribution in [-0.2, 0) is 4.79 Å². The fraction of sp³-hybridized carbons (Fsp3) is 0.364. The number of anilines is 1. The molecule has 1 rings (SSSR count). The standard InChI is InChI=1S/C11H10F5NO/c1-6-4-3-5-8(7(6)2)17-9(18)10(12,13)11(14,15)16/h3-5H,1-2H3,(H,17,18). The van der Waals surface area contributed by atoms with Crippen molar-refractivity contribution < 1.29 is 26.7 Å². The van der Waals surface area contributed by atoms with Gasteiger partial charge in [0, 0.05) is 5.69 Å². The second-order valence-electron chi connectivity index (χ2n) is 3.77. The van der Waals surface area contributed by atoms with Gasteiger partial charge in [-0.05, 0) is 31.0 Å². The highest BCUT2D eigenvalue weighted by Gasteiger charge is 2.63. The molecule has 0 aliphatic carbocycles. The number of alkyl halides is 5. The van der Waals surface area contributed by atoms with Gasteiger partial charge < -0.3 is 5.32 Å². The van der Waals surface area contributed by atoms with E-state index in [0.717, 1.165) is 0 Å². The monoisotopic (exact) mass is 267 g/mol. The first-order valence-electron chi connectivity index (χ1n) is 4.89. The van der Waals surface area contributed by atoms with Crippen LogP contribution in [0.25, 0.3) is 0 Å². The first kappa shape index (κ1) is 14.4. The maximum Gasteiger partial charge on any atom is 0.463 e. The van der Waals surface area contributed by atoms with E-state index in [1.165, 1.54) is 19.1 Å². The molecule has 100 valence electrons. The number of carbonyl (C=O) groups excluding carboxylic acids is 1. The first-order chi connectivity index (χ1) is 8.07. The van der Waals surface area contributed by atoms with E-state index in [-0.39, 0.29) is 5.69 Å². The Bertz CT molecular complexity index is 467. The van der Waals surface area contributed by atoms with Gasteiger partial charge >= 0.3 is 18.0 Å². The number of hydrogen-bond acceptors (Lipinski definition) is 1. The van der Waals surface area contributed by atoms with Gasteiger partial charge in [-0.1, -0.05) is 12.1 Å². The molecule has 0 radical (unpaired) electrons. The molecule has 18 heavy (non-hydrogen) atoms. The lowest BCUT2D eigenvalue weighted by atomic mass is 10.1. The van der Waals surface area contributed by atoms with Crippen molar-refractivity contribution in [3.63, 3.8) is 0 Å². The van der Waals surface area contributed by atoms with Crippen LogP contribution in [0, 0.1) is 13.8 Å². The largest absolute Gasteiger partial charge is 0.463 e. The van der Waals surface area contributed by atoms with Crippen LogP contribution >= 0.6 is 0 Å². The molecule has 0 atom stereocenters. The minimum absolute atomic E-state index is 0.0658. The Morgan fingerprint density at radius 3 is 2.17 bits per heavy atom. The lowest BCUT2D eigenvalue weighted by molar-refractivity contribution is -0.267. The predicted octanol–water partition coefficient (Wildman–Crippen LogP) is 3.44. The van der Waals surface area contributed by atoms with Crippen molar-refractivity contribution in [1.82, 2.24) is 0 Å². The quantitative estimate of drug-likeness (QED) is 0.817. The van der Waals surface area contributed by atoms with Crippen LogP contribution in [0.4, 0.5) is 27.6 Å². The fourth-order valence-corrected chi connectivity index (χ4v) is 1.22. The number of benzene rings is 1. The van der Waals surface area contributed by atoms with Crippen LogP contribution in [0.5, 0.6) is 0 Å². The van der Waals surface area contributed by atoms with Gasteiger partial charge in [0.05, 0.1) is 0 Å². The van der Waals surface area contributed by atoms with Crippen LogP contribution in [0.3, 0.4) is 0 Å². The molecule has 0 bridgehead atoms. The molecule has 1 amide bonds. The van der Waals surface area contributed by atoms with Gasteiger partial charge in [-0.3, -0.25) is 4.79 Å². The summed E-state index contributed by atoms with van der Waals surface area (Å²) in [7, 11) is 0. The van der Waals surface area contributed by atoms with Gasteiger partial charge in [0.1, 0.15) is 0 Å². The van der Waals surface area contributed by atoms with E-state index >= 15 is 0 Å². The molecule has 1 aromatic carbocycles. The molecule has 1 aromatic rings. The molecular formula is C11H10F5NO. The van der Waals surface area contributed by atoms with Crippen LogP contribution < -0.4 is 5.32 Å². The van der Waals surface area contributed by atoms with Crippen molar-refractivity contribution >= 4 is 11.6 Å². The van der Waals surface area contributed by atoms with E-state index in [1.807, 2.05) is 0 Å². The zero-order valence-corrected chi connectivity index (χ0v) is 9.53. The maximum absolute atomic E-state index is 12.7. The summed E-state index contributed by atoms with van der Waals surface area (Å²) >= 11 is 0. The van der Waals surface area contributed by atoms with Crippen molar-refractivity contribution in [1.29, 1.82) is 0 Å². The number of halogens is 5. The summed E-state index contributed by atoms with van der Waals surface area (Å²) in [5.41, 5.74) is 1.04. The topological polar surface area (TPSA) is 29.1 Å². The third kappa shape index (κ3) is 2.60. The van der Waals surface area contributed by atoms with Crippen LogP contribution in [0.2, 0.25) is 0 Å². The van der Waals surface area contributed by atoms with E-state index in [0.29, 0.717) is 11.1 Å². The molecule has 0 fully saturated rings. The molecule has 7 heteroatoms. The molecule has 0 saturated carbocycles. The number of nitrogens with one attached hydrogen (secondary N) is 1. The van der Waals surface area contributed by atoms with E-state index in [2.05, 4.69) is 0 Å². The molecule has 0 aliphatic heterocycles. The number of carbonyl (C=O) groups is 1. The first-order valence-corrected chi connectivity index (χ1v) is 4.89. The Kier molecular flexibility index (Phi) is 3.64. The summed E-state index contributed by atoms with van der Waals surface area (Å²) < 4.78 is 61.3. The molecule has 0 unspecified atom stereocenters.